The van der Waals surface area contributed by atoms with Crippen LogP contribution in [0.1, 0.15) is 36.4 Å². The number of nitrogens with zero attached hydrogens (tertiary/aromatic N) is 3. The molecule has 1 aliphatic rings. The Morgan fingerprint density at radius 3 is 2.88 bits per heavy atom. The smallest absolute Gasteiger partial charge is 0.223 e. The van der Waals surface area contributed by atoms with E-state index in [0.29, 0.717) is 31.7 Å². The molecule has 1 amide bonds. The average molecular weight is 345 g/mol. The highest BCUT2D eigenvalue weighted by molar-refractivity contribution is 7.99. The molecule has 1 atom stereocenters. The summed E-state index contributed by atoms with van der Waals surface area (Å²) in [4.78, 5) is 14.2. The maximum Gasteiger partial charge on any atom is 0.223 e. The molecule has 0 saturated heterocycles. The predicted molar refractivity (Wildman–Crippen MR) is 95.8 cm³/mol. The zero-order valence-electron chi connectivity index (χ0n) is 13.9. The van der Waals surface area contributed by atoms with Gasteiger partial charge in [0.2, 0.25) is 5.91 Å². The Labute approximate surface area is 146 Å². The van der Waals surface area contributed by atoms with Crippen LogP contribution in [0.15, 0.2) is 36.4 Å². The molecule has 0 unspecified atom stereocenters. The molecule has 0 saturated carbocycles. The van der Waals surface area contributed by atoms with Crippen molar-refractivity contribution >= 4 is 17.7 Å². The van der Waals surface area contributed by atoms with Gasteiger partial charge in [-0.3, -0.25) is 9.48 Å². The number of amides is 1. The van der Waals surface area contributed by atoms with E-state index in [9.17, 15) is 9.90 Å². The highest BCUT2D eigenvalue weighted by atomic mass is 32.2. The third-order valence-electron chi connectivity index (χ3n) is 4.23. The van der Waals surface area contributed by atoms with Crippen molar-refractivity contribution in [2.75, 3.05) is 18.1 Å². The van der Waals surface area contributed by atoms with Crippen LogP contribution < -0.4 is 0 Å². The molecule has 1 aromatic carbocycles. The molecule has 0 spiro atoms. The van der Waals surface area contributed by atoms with Crippen molar-refractivity contribution in [2.24, 2.45) is 0 Å². The number of hydrogen-bond acceptors (Lipinski definition) is 4. The minimum Gasteiger partial charge on any atom is -0.382 e. The number of carbonyl (C=O) groups excluding carboxylic acids is 1. The minimum absolute atomic E-state index is 0.202. The van der Waals surface area contributed by atoms with E-state index in [1.54, 1.807) is 11.8 Å². The number of hydrogen-bond donors (Lipinski definition) is 1. The molecule has 0 bridgehead atoms. The lowest BCUT2D eigenvalue weighted by molar-refractivity contribution is -0.132. The Balaban J connectivity index is 1.67. The van der Waals surface area contributed by atoms with Gasteiger partial charge in [0.1, 0.15) is 6.10 Å². The SMILES string of the molecule is CCSCCC(=O)N1CCn2nc([C@@H](O)c3ccccc3)cc2C1. The minimum atomic E-state index is -0.727. The Kier molecular flexibility index (Phi) is 5.58. The van der Waals surface area contributed by atoms with Gasteiger partial charge in [0.05, 0.1) is 24.5 Å². The predicted octanol–water partition coefficient (Wildman–Crippen LogP) is 2.45. The number of fused-ring (bicyclic) bond motifs is 1. The van der Waals surface area contributed by atoms with Gasteiger partial charge >= 0.3 is 0 Å². The number of carbonyl (C=O) groups is 1. The first-order valence-electron chi connectivity index (χ1n) is 8.34. The molecule has 128 valence electrons. The van der Waals surface area contributed by atoms with E-state index >= 15 is 0 Å². The van der Waals surface area contributed by atoms with Crippen molar-refractivity contribution < 1.29 is 9.90 Å². The van der Waals surface area contributed by atoms with Gasteiger partial charge in [-0.1, -0.05) is 37.3 Å². The van der Waals surface area contributed by atoms with E-state index in [0.717, 1.165) is 22.8 Å². The van der Waals surface area contributed by atoms with Crippen LogP contribution in [0.2, 0.25) is 0 Å². The highest BCUT2D eigenvalue weighted by Crippen LogP contribution is 2.23. The molecule has 3 rings (SSSR count). The summed E-state index contributed by atoms with van der Waals surface area (Å²) < 4.78 is 1.91. The van der Waals surface area contributed by atoms with Gasteiger partial charge in [-0.2, -0.15) is 16.9 Å². The summed E-state index contributed by atoms with van der Waals surface area (Å²) in [7, 11) is 0. The van der Waals surface area contributed by atoms with Crippen LogP contribution in [0.25, 0.3) is 0 Å². The van der Waals surface area contributed by atoms with Crippen LogP contribution >= 0.6 is 11.8 Å². The summed E-state index contributed by atoms with van der Waals surface area (Å²) in [6.07, 6.45) is -0.138. The molecule has 5 nitrogen and oxygen atoms in total. The van der Waals surface area contributed by atoms with Gasteiger partial charge in [0.25, 0.3) is 0 Å². The molecule has 0 radical (unpaired) electrons. The van der Waals surface area contributed by atoms with Crippen LogP contribution in [0.5, 0.6) is 0 Å². The van der Waals surface area contributed by atoms with E-state index in [4.69, 9.17) is 0 Å². The molecular weight excluding hydrogens is 322 g/mol. The monoisotopic (exact) mass is 345 g/mol. The lowest BCUT2D eigenvalue weighted by Crippen LogP contribution is -2.38. The molecular formula is C18H23N3O2S. The van der Waals surface area contributed by atoms with E-state index in [1.165, 1.54) is 0 Å². The number of rotatable bonds is 6. The number of aliphatic hydroxyl groups excluding tert-OH is 1. The summed E-state index contributed by atoms with van der Waals surface area (Å²) >= 11 is 1.79. The first kappa shape index (κ1) is 17.0. The summed E-state index contributed by atoms with van der Waals surface area (Å²) in [6.45, 7) is 4.05. The van der Waals surface area contributed by atoms with E-state index < -0.39 is 6.10 Å². The second-order valence-electron chi connectivity index (χ2n) is 5.86. The fourth-order valence-corrected chi connectivity index (χ4v) is 3.51. The van der Waals surface area contributed by atoms with Crippen LogP contribution in [0.3, 0.4) is 0 Å². The topological polar surface area (TPSA) is 58.4 Å². The Morgan fingerprint density at radius 1 is 1.33 bits per heavy atom. The molecule has 1 N–H and O–H groups in total. The second kappa shape index (κ2) is 7.85. The summed E-state index contributed by atoms with van der Waals surface area (Å²) in [6, 6.07) is 11.4. The van der Waals surface area contributed by atoms with Crippen LogP contribution in [0, 0.1) is 0 Å². The summed E-state index contributed by atoms with van der Waals surface area (Å²) in [5.74, 6) is 2.12. The lowest BCUT2D eigenvalue weighted by atomic mass is 10.1. The number of aliphatic hydroxyl groups is 1. The third-order valence-corrected chi connectivity index (χ3v) is 5.13. The van der Waals surface area contributed by atoms with Gasteiger partial charge in [0.15, 0.2) is 0 Å². The fraction of sp³-hybridized carbons (Fsp3) is 0.444. The second-order valence-corrected chi connectivity index (χ2v) is 7.25. The standard InChI is InChI=1S/C18H23N3O2S/c1-2-24-11-8-17(22)20-9-10-21-15(13-20)12-16(19-21)18(23)14-6-4-3-5-7-14/h3-7,12,18,23H,2,8-11,13H2,1H3/t18-/m0/s1. The number of benzene rings is 1. The first-order valence-corrected chi connectivity index (χ1v) is 9.49. The molecule has 2 heterocycles. The maximum absolute atomic E-state index is 12.3. The molecule has 24 heavy (non-hydrogen) atoms. The molecule has 6 heteroatoms. The Morgan fingerprint density at radius 2 is 2.12 bits per heavy atom. The van der Waals surface area contributed by atoms with Crippen molar-refractivity contribution in [1.82, 2.24) is 14.7 Å². The lowest BCUT2D eigenvalue weighted by Gasteiger charge is -2.27. The fourth-order valence-electron chi connectivity index (χ4n) is 2.90. The number of thioether (sulfide) groups is 1. The quantitative estimate of drug-likeness (QED) is 0.817. The zero-order chi connectivity index (χ0) is 16.9. The van der Waals surface area contributed by atoms with Crippen molar-refractivity contribution in [3.8, 4) is 0 Å². The third kappa shape index (κ3) is 3.82. The molecule has 0 aliphatic carbocycles. The van der Waals surface area contributed by atoms with Crippen molar-refractivity contribution in [1.29, 1.82) is 0 Å². The van der Waals surface area contributed by atoms with Crippen molar-refractivity contribution in [2.45, 2.75) is 32.5 Å². The van der Waals surface area contributed by atoms with Gasteiger partial charge < -0.3 is 10.0 Å². The van der Waals surface area contributed by atoms with E-state index in [-0.39, 0.29) is 5.91 Å². The van der Waals surface area contributed by atoms with Gasteiger partial charge in [0, 0.05) is 18.7 Å². The van der Waals surface area contributed by atoms with Gasteiger partial charge in [-0.25, -0.2) is 0 Å². The van der Waals surface area contributed by atoms with Gasteiger partial charge in [-0.05, 0) is 17.4 Å². The Bertz CT molecular complexity index is 687. The van der Waals surface area contributed by atoms with Crippen LogP contribution in [-0.4, -0.2) is 43.7 Å². The van der Waals surface area contributed by atoms with Crippen LogP contribution in [0.4, 0.5) is 0 Å². The molecule has 0 fully saturated rings. The molecule has 1 aliphatic heterocycles. The van der Waals surface area contributed by atoms with E-state index in [1.807, 2.05) is 46.0 Å². The van der Waals surface area contributed by atoms with Crippen molar-refractivity contribution in [3.63, 3.8) is 0 Å². The van der Waals surface area contributed by atoms with Gasteiger partial charge in [-0.15, -0.1) is 0 Å². The number of aromatic nitrogens is 2. The molecule has 2 aromatic rings. The van der Waals surface area contributed by atoms with E-state index in [2.05, 4.69) is 12.0 Å². The highest BCUT2D eigenvalue weighted by Gasteiger charge is 2.24. The zero-order valence-corrected chi connectivity index (χ0v) is 14.7. The largest absolute Gasteiger partial charge is 0.382 e. The Hall–Kier alpha value is -1.79. The normalized spacial score (nSPS) is 15.2. The van der Waals surface area contributed by atoms with Crippen molar-refractivity contribution in [3.05, 3.63) is 53.3 Å². The molecule has 1 aromatic heterocycles. The summed E-state index contributed by atoms with van der Waals surface area (Å²) in [5, 5.41) is 15.0. The average Bonchev–Trinajstić information content (AvgIpc) is 3.05. The summed E-state index contributed by atoms with van der Waals surface area (Å²) in [5.41, 5.74) is 2.47. The first-order chi connectivity index (χ1) is 11.7. The van der Waals surface area contributed by atoms with Crippen LogP contribution in [-0.2, 0) is 17.9 Å². The maximum atomic E-state index is 12.3.